The second-order valence-corrected chi connectivity index (χ2v) is 9.27. The Labute approximate surface area is 196 Å². The predicted molar refractivity (Wildman–Crippen MR) is 131 cm³/mol. The molecule has 0 amide bonds. The van der Waals surface area contributed by atoms with Crippen molar-refractivity contribution in [2.75, 3.05) is 12.4 Å². The molecule has 3 aromatic carbocycles. The van der Waals surface area contributed by atoms with Crippen molar-refractivity contribution in [1.29, 1.82) is 0 Å². The number of ether oxygens (including phenoxy) is 1. The summed E-state index contributed by atoms with van der Waals surface area (Å²) in [4.78, 5) is 11.7. The Morgan fingerprint density at radius 3 is 2.48 bits per heavy atom. The van der Waals surface area contributed by atoms with E-state index in [1.807, 2.05) is 18.2 Å². The average molecular weight is 581 g/mol. The van der Waals surface area contributed by atoms with Crippen molar-refractivity contribution >= 4 is 61.8 Å². The van der Waals surface area contributed by atoms with Gasteiger partial charge in [0, 0.05) is 14.2 Å². The first-order valence-electron chi connectivity index (χ1n) is 8.81. The van der Waals surface area contributed by atoms with Crippen molar-refractivity contribution in [1.82, 2.24) is 0 Å². The molecule has 0 aliphatic carbocycles. The first-order chi connectivity index (χ1) is 14.0. The molecule has 148 valence electrons. The summed E-state index contributed by atoms with van der Waals surface area (Å²) in [6, 6.07) is 24.6. The number of thioether (sulfide) groups is 1. The summed E-state index contributed by atoms with van der Waals surface area (Å²) in [6.45, 7) is -0.357. The number of rotatable bonds is 8. The zero-order chi connectivity index (χ0) is 20.6. The summed E-state index contributed by atoms with van der Waals surface area (Å²) in [7, 11) is 0. The highest BCUT2D eigenvalue weighted by Gasteiger charge is 2.07. The molecule has 29 heavy (non-hydrogen) atoms. The highest BCUT2D eigenvalue weighted by Crippen LogP contribution is 2.32. The van der Waals surface area contributed by atoms with Crippen LogP contribution in [-0.2, 0) is 4.79 Å². The standard InChI is InChI=1S/C23H18BrIO3S/c24-21-14-19(9-10-22(21)28-15-23(26)27)29-12-11-20(16-5-2-1-3-6-16)17-7-4-8-18(25)13-17/h1-11,13-14H,12,15H2,(H,26,27)/b20-11-. The lowest BCUT2D eigenvalue weighted by Crippen LogP contribution is -2.09. The third-order valence-electron chi connectivity index (χ3n) is 4.01. The Morgan fingerprint density at radius 1 is 1.03 bits per heavy atom. The molecule has 0 radical (unpaired) electrons. The van der Waals surface area contributed by atoms with Crippen LogP contribution in [0.15, 0.2) is 88.2 Å². The molecular weight excluding hydrogens is 563 g/mol. The van der Waals surface area contributed by atoms with Crippen molar-refractivity contribution in [2.45, 2.75) is 4.90 Å². The molecule has 3 rings (SSSR count). The molecule has 6 heteroatoms. The lowest BCUT2D eigenvalue weighted by atomic mass is 9.98. The fourth-order valence-electron chi connectivity index (χ4n) is 2.73. The number of hydrogen-bond acceptors (Lipinski definition) is 3. The third-order valence-corrected chi connectivity index (χ3v) is 6.22. The number of benzene rings is 3. The van der Waals surface area contributed by atoms with Gasteiger partial charge in [0.25, 0.3) is 0 Å². The summed E-state index contributed by atoms with van der Waals surface area (Å²) in [5, 5.41) is 8.74. The zero-order valence-corrected chi connectivity index (χ0v) is 19.9. The largest absolute Gasteiger partial charge is 0.481 e. The molecular formula is C23H18BrIO3S. The van der Waals surface area contributed by atoms with Gasteiger partial charge in [-0.25, -0.2) is 4.79 Å². The number of hydrogen-bond donors (Lipinski definition) is 1. The molecule has 0 aliphatic heterocycles. The highest BCUT2D eigenvalue weighted by molar-refractivity contribution is 14.1. The second kappa shape index (κ2) is 10.8. The zero-order valence-electron chi connectivity index (χ0n) is 15.3. The van der Waals surface area contributed by atoms with Crippen LogP contribution in [0.2, 0.25) is 0 Å². The number of carboxylic acid groups (broad SMARTS) is 1. The quantitative estimate of drug-likeness (QED) is 0.237. The van der Waals surface area contributed by atoms with Crippen molar-refractivity contribution in [3.05, 3.63) is 98.0 Å². The Hall–Kier alpha value is -1.77. The van der Waals surface area contributed by atoms with E-state index in [9.17, 15) is 4.79 Å². The fraction of sp³-hybridized carbons (Fsp3) is 0.0870. The van der Waals surface area contributed by atoms with E-state index in [4.69, 9.17) is 9.84 Å². The Bertz CT molecular complexity index is 1020. The molecule has 0 bridgehead atoms. The Balaban J connectivity index is 1.76. The van der Waals surface area contributed by atoms with Gasteiger partial charge < -0.3 is 9.84 Å². The van der Waals surface area contributed by atoms with Crippen molar-refractivity contribution in [2.24, 2.45) is 0 Å². The van der Waals surface area contributed by atoms with Crippen molar-refractivity contribution in [3.8, 4) is 5.75 Å². The first kappa shape index (κ1) is 21.9. The van der Waals surface area contributed by atoms with E-state index in [1.165, 1.54) is 20.3 Å². The number of carbonyl (C=O) groups is 1. The van der Waals surface area contributed by atoms with Crippen LogP contribution in [0, 0.1) is 3.57 Å². The van der Waals surface area contributed by atoms with Gasteiger partial charge in [-0.2, -0.15) is 0 Å². The maximum absolute atomic E-state index is 10.7. The Kier molecular flexibility index (Phi) is 8.20. The van der Waals surface area contributed by atoms with Gasteiger partial charge in [-0.15, -0.1) is 11.8 Å². The minimum atomic E-state index is -0.996. The van der Waals surface area contributed by atoms with Gasteiger partial charge in [0.2, 0.25) is 0 Å². The highest BCUT2D eigenvalue weighted by atomic mass is 127. The van der Waals surface area contributed by atoms with Gasteiger partial charge in [0.05, 0.1) is 4.47 Å². The first-order valence-corrected chi connectivity index (χ1v) is 11.7. The molecule has 0 saturated carbocycles. The van der Waals surface area contributed by atoms with Crippen molar-refractivity contribution in [3.63, 3.8) is 0 Å². The molecule has 3 nitrogen and oxygen atoms in total. The molecule has 0 unspecified atom stereocenters. The average Bonchev–Trinajstić information content (AvgIpc) is 2.71. The monoisotopic (exact) mass is 580 g/mol. The molecule has 0 aromatic heterocycles. The van der Waals surface area contributed by atoms with Gasteiger partial charge in [0.1, 0.15) is 5.75 Å². The summed E-state index contributed by atoms with van der Waals surface area (Å²) in [5.74, 6) is 0.331. The van der Waals surface area contributed by atoms with Crippen LogP contribution < -0.4 is 4.74 Å². The number of carboxylic acids is 1. The van der Waals surface area contributed by atoms with Gasteiger partial charge in [-0.3, -0.25) is 0 Å². The lowest BCUT2D eigenvalue weighted by molar-refractivity contribution is -0.139. The third kappa shape index (κ3) is 6.62. The smallest absolute Gasteiger partial charge is 0.341 e. The SMILES string of the molecule is O=C(O)COc1ccc(SC/C=C(/c2ccccc2)c2cccc(I)c2)cc1Br. The molecule has 0 aliphatic rings. The van der Waals surface area contributed by atoms with Crippen LogP contribution in [0.5, 0.6) is 5.75 Å². The van der Waals surface area contributed by atoms with Crippen LogP contribution in [0.25, 0.3) is 5.57 Å². The maximum atomic E-state index is 10.7. The number of halogens is 2. The van der Waals surface area contributed by atoms with Crippen LogP contribution in [0.1, 0.15) is 11.1 Å². The molecule has 1 N–H and O–H groups in total. The summed E-state index contributed by atoms with van der Waals surface area (Å²) < 4.78 is 7.20. The normalized spacial score (nSPS) is 11.3. The predicted octanol–water partition coefficient (Wildman–Crippen LogP) is 6.74. The van der Waals surface area contributed by atoms with E-state index >= 15 is 0 Å². The molecule has 0 atom stereocenters. The van der Waals surface area contributed by atoms with Gasteiger partial charge in [-0.05, 0) is 85.6 Å². The Morgan fingerprint density at radius 2 is 1.79 bits per heavy atom. The van der Waals surface area contributed by atoms with E-state index < -0.39 is 5.97 Å². The molecule has 0 heterocycles. The van der Waals surface area contributed by atoms with Crippen LogP contribution in [0.4, 0.5) is 0 Å². The summed E-state index contributed by atoms with van der Waals surface area (Å²) in [6.07, 6.45) is 2.24. The fourth-order valence-corrected chi connectivity index (χ4v) is 4.72. The minimum absolute atomic E-state index is 0.357. The van der Waals surface area contributed by atoms with Crippen LogP contribution >= 0.6 is 50.3 Å². The van der Waals surface area contributed by atoms with E-state index in [-0.39, 0.29) is 6.61 Å². The molecule has 0 fully saturated rings. The van der Waals surface area contributed by atoms with Gasteiger partial charge in [0.15, 0.2) is 6.61 Å². The topological polar surface area (TPSA) is 46.5 Å². The number of aliphatic carboxylic acids is 1. The van der Waals surface area contributed by atoms with E-state index in [2.05, 4.69) is 93.1 Å². The molecule has 0 spiro atoms. The second-order valence-electron chi connectivity index (χ2n) is 6.08. The van der Waals surface area contributed by atoms with Gasteiger partial charge in [-0.1, -0.05) is 48.5 Å². The lowest BCUT2D eigenvalue weighted by Gasteiger charge is -2.10. The van der Waals surface area contributed by atoms with Gasteiger partial charge >= 0.3 is 5.97 Å². The summed E-state index contributed by atoms with van der Waals surface area (Å²) in [5.41, 5.74) is 3.59. The summed E-state index contributed by atoms with van der Waals surface area (Å²) >= 11 is 7.50. The van der Waals surface area contributed by atoms with E-state index in [0.29, 0.717) is 5.75 Å². The maximum Gasteiger partial charge on any atom is 0.341 e. The van der Waals surface area contributed by atoms with Crippen LogP contribution in [-0.4, -0.2) is 23.4 Å². The van der Waals surface area contributed by atoms with E-state index in [1.54, 1.807) is 17.8 Å². The van der Waals surface area contributed by atoms with Crippen LogP contribution in [0.3, 0.4) is 0 Å². The molecule has 3 aromatic rings. The van der Waals surface area contributed by atoms with Crippen molar-refractivity contribution < 1.29 is 14.6 Å². The molecule has 0 saturated heterocycles. The van der Waals surface area contributed by atoms with E-state index in [0.717, 1.165) is 15.1 Å². The minimum Gasteiger partial charge on any atom is -0.481 e.